The maximum atomic E-state index is 10.4. The Kier molecular flexibility index (Phi) is 29.0. The number of fused-ring (bicyclic) bond motifs is 6. The van der Waals surface area contributed by atoms with Gasteiger partial charge in [-0.25, -0.2) is 0 Å². The first-order chi connectivity index (χ1) is 39.3. The number of anilines is 4. The molecular weight excluding hydrogens is 1160 g/mol. The number of hydrogen-bond donors (Lipinski definition) is 0. The predicted octanol–water partition coefficient (Wildman–Crippen LogP) is 7.71. The van der Waals surface area contributed by atoms with Crippen LogP contribution in [-0.4, -0.2) is 100 Å². The van der Waals surface area contributed by atoms with Crippen LogP contribution in [0, 0.1) is 0 Å². The molecule has 0 atom stereocenters. The first-order valence-corrected chi connectivity index (χ1v) is 25.5. The number of aromatic carboxylic acids is 4. The van der Waals surface area contributed by atoms with Crippen LogP contribution in [0.4, 0.5) is 22.7 Å². The van der Waals surface area contributed by atoms with Gasteiger partial charge in [0, 0.05) is 125 Å². The smallest absolute Gasteiger partial charge is 0.545 e. The van der Waals surface area contributed by atoms with Crippen molar-refractivity contribution >= 4 is 90.2 Å². The summed E-state index contributed by atoms with van der Waals surface area (Å²) in [6.07, 6.45) is 7.21. The average Bonchev–Trinajstić information content (AvgIpc) is 3.61. The van der Waals surface area contributed by atoms with E-state index >= 15 is 0 Å². The number of carbonyl (C=O) groups excluding carboxylic acids is 4. The van der Waals surface area contributed by atoms with Gasteiger partial charge in [-0.05, 0) is 95.1 Å². The molecule has 0 bridgehead atoms. The van der Waals surface area contributed by atoms with Gasteiger partial charge in [-0.15, -0.1) is 0 Å². The van der Waals surface area contributed by atoms with E-state index in [9.17, 15) is 39.6 Å². The van der Waals surface area contributed by atoms with Gasteiger partial charge < -0.3 is 59.2 Å². The Labute approximate surface area is 514 Å². The summed E-state index contributed by atoms with van der Waals surface area (Å²) in [6, 6.07) is 62.5. The Bertz CT molecular complexity index is 3290. The summed E-state index contributed by atoms with van der Waals surface area (Å²) >= 11 is 0. The van der Waals surface area contributed by atoms with E-state index in [0.717, 1.165) is 66.4 Å². The normalized spacial score (nSPS) is 9.62. The molecule has 0 aliphatic carbocycles. The van der Waals surface area contributed by atoms with Gasteiger partial charge >= 0.3 is 39.0 Å². The molecule has 0 saturated heterocycles. The molecule has 0 saturated carbocycles. The van der Waals surface area contributed by atoms with Crippen LogP contribution in [0.3, 0.4) is 0 Å². The summed E-state index contributed by atoms with van der Waals surface area (Å²) in [5, 5.41) is 46.0. The van der Waals surface area contributed by atoms with Crippen molar-refractivity contribution < 1.29 is 78.6 Å². The molecule has 0 fully saturated rings. The summed E-state index contributed by atoms with van der Waals surface area (Å²) in [6.45, 7) is 0. The van der Waals surface area contributed by atoms with Gasteiger partial charge in [0.05, 0.1) is 45.9 Å². The number of carbonyl (C=O) groups is 4. The first-order valence-electron chi connectivity index (χ1n) is 25.5. The van der Waals surface area contributed by atoms with Crippen molar-refractivity contribution in [3.8, 4) is 0 Å². The molecule has 0 radical (unpaired) electrons. The number of aromatic nitrogens is 4. The van der Waals surface area contributed by atoms with Crippen LogP contribution in [-0.2, 0) is 39.0 Å². The van der Waals surface area contributed by atoms with Gasteiger partial charge in [-0.1, -0.05) is 133 Å². The third kappa shape index (κ3) is 21.8. The Morgan fingerprint density at radius 2 is 0.429 bits per heavy atom. The predicted molar refractivity (Wildman–Crippen MR) is 321 cm³/mol. The Balaban J connectivity index is 0.000000258. The number of carboxylic acids is 4. The molecule has 4 heterocycles. The Morgan fingerprint density at radius 3 is 0.571 bits per heavy atom. The second kappa shape index (κ2) is 35.4. The van der Waals surface area contributed by atoms with Crippen LogP contribution in [0.2, 0.25) is 0 Å². The quantitative estimate of drug-likeness (QED) is 0.105. The van der Waals surface area contributed by atoms with Gasteiger partial charge in [0.1, 0.15) is 0 Å². The third-order valence-electron chi connectivity index (χ3n) is 11.8. The molecular formula is C66H62N8O8Zn2. The van der Waals surface area contributed by atoms with Gasteiger partial charge in [0.2, 0.25) is 0 Å². The first kappa shape index (κ1) is 68.8. The van der Waals surface area contributed by atoms with Gasteiger partial charge in [0.15, 0.2) is 0 Å². The second-order valence-corrected chi connectivity index (χ2v) is 18.5. The van der Waals surface area contributed by atoms with E-state index in [1.807, 2.05) is 137 Å². The van der Waals surface area contributed by atoms with Crippen molar-refractivity contribution in [3.63, 3.8) is 0 Å². The molecule has 0 aliphatic rings. The van der Waals surface area contributed by atoms with Crippen molar-refractivity contribution in [1.82, 2.24) is 19.9 Å². The number of nitrogens with zero attached hydrogens (tertiary/aromatic N) is 8. The molecule has 84 heavy (non-hydrogen) atoms. The molecule has 0 N–H and O–H groups in total. The van der Waals surface area contributed by atoms with Crippen molar-refractivity contribution in [2.45, 2.75) is 0 Å². The van der Waals surface area contributed by atoms with Crippen molar-refractivity contribution in [3.05, 3.63) is 253 Å². The standard InChI is InChI=1S/2C12H8N2.4C9H11NO2.C6H6.2Zn/c2*1-3-9-5-6-10-4-2-8-14-12(10)11(9)13-7-1;4*1-10(2)8-5-3-7(4-6-8)9(11)12;1-2-4-6-5-3-1;;/h2*1-8H;4*3-6H,1-2H3,(H,11,12);1-6H;;/q;;;;;;;2*+2/p-4. The van der Waals surface area contributed by atoms with E-state index in [1.165, 1.54) is 48.5 Å². The minimum absolute atomic E-state index is 0. The van der Waals surface area contributed by atoms with E-state index in [-0.39, 0.29) is 61.2 Å². The minimum atomic E-state index is -1.14. The number of hydrogen-bond acceptors (Lipinski definition) is 16. The van der Waals surface area contributed by atoms with E-state index in [4.69, 9.17) is 0 Å². The molecule has 18 heteroatoms. The molecule has 16 nitrogen and oxygen atoms in total. The Hall–Kier alpha value is -9.49. The summed E-state index contributed by atoms with van der Waals surface area (Å²) in [5.74, 6) is -4.55. The molecule has 0 unspecified atom stereocenters. The third-order valence-corrected chi connectivity index (χ3v) is 11.8. The molecule has 0 spiro atoms. The fraction of sp³-hybridized carbons (Fsp3) is 0.121. The zero-order valence-electron chi connectivity index (χ0n) is 48.2. The number of benzene rings is 7. The topological polar surface area (TPSA) is 225 Å². The van der Waals surface area contributed by atoms with Crippen LogP contribution in [0.25, 0.3) is 43.6 Å². The number of rotatable bonds is 8. The van der Waals surface area contributed by atoms with E-state index in [1.54, 1.807) is 73.3 Å². The van der Waals surface area contributed by atoms with E-state index in [2.05, 4.69) is 68.5 Å². The van der Waals surface area contributed by atoms with Crippen LogP contribution in [0.15, 0.2) is 231 Å². The van der Waals surface area contributed by atoms with Gasteiger partial charge in [-0.3, -0.25) is 19.9 Å². The fourth-order valence-corrected chi connectivity index (χ4v) is 7.33. The maximum Gasteiger partial charge on any atom is 2.00 e. The number of pyridine rings is 4. The van der Waals surface area contributed by atoms with Crippen molar-refractivity contribution in [2.24, 2.45) is 0 Å². The van der Waals surface area contributed by atoms with Gasteiger partial charge in [0.25, 0.3) is 0 Å². The molecule has 11 aromatic rings. The number of carboxylic acid groups (broad SMARTS) is 4. The van der Waals surface area contributed by atoms with Crippen molar-refractivity contribution in [1.29, 1.82) is 0 Å². The van der Waals surface area contributed by atoms with E-state index < -0.39 is 23.9 Å². The zero-order chi connectivity index (χ0) is 59.6. The summed E-state index contributed by atoms with van der Waals surface area (Å²) < 4.78 is 0. The summed E-state index contributed by atoms with van der Waals surface area (Å²) in [4.78, 5) is 66.4. The molecule has 418 valence electrons. The summed E-state index contributed by atoms with van der Waals surface area (Å²) in [7, 11) is 15.2. The SMILES string of the molecule is CN(C)c1ccc(C(=O)[O-])cc1.CN(C)c1ccc(C(=O)[O-])cc1.CN(C)c1ccc(C(=O)[O-])cc1.CN(C)c1ccc(C(=O)[O-])cc1.[Zn+2].[Zn+2].c1ccccc1.c1cnc2c(c1)ccc1cccnc12.c1cnc2c(c1)ccc1cccnc12. The molecule has 7 aromatic carbocycles. The molecule has 0 amide bonds. The second-order valence-electron chi connectivity index (χ2n) is 18.5. The van der Waals surface area contributed by atoms with Crippen LogP contribution in [0.5, 0.6) is 0 Å². The average molecular weight is 1230 g/mol. The molecule has 4 aromatic heterocycles. The largest absolute Gasteiger partial charge is 2.00 e. The zero-order valence-corrected chi connectivity index (χ0v) is 54.1. The van der Waals surface area contributed by atoms with Crippen LogP contribution < -0.4 is 40.0 Å². The monoisotopic (exact) mass is 1220 g/mol. The molecule has 0 aliphatic heterocycles. The van der Waals surface area contributed by atoms with Crippen molar-refractivity contribution in [2.75, 3.05) is 76.0 Å². The summed E-state index contributed by atoms with van der Waals surface area (Å²) in [5.41, 5.74) is 8.63. The van der Waals surface area contributed by atoms with Gasteiger partial charge in [-0.2, -0.15) is 0 Å². The van der Waals surface area contributed by atoms with Crippen LogP contribution in [0.1, 0.15) is 41.4 Å². The maximum absolute atomic E-state index is 10.4. The molecule has 11 rings (SSSR count). The minimum Gasteiger partial charge on any atom is -0.545 e. The van der Waals surface area contributed by atoms with Crippen LogP contribution >= 0.6 is 0 Å². The fourth-order valence-electron chi connectivity index (χ4n) is 7.33. The van der Waals surface area contributed by atoms with E-state index in [0.29, 0.717) is 0 Å². The Morgan fingerprint density at radius 1 is 0.262 bits per heavy atom.